The fourth-order valence-electron chi connectivity index (χ4n) is 4.22. The molecule has 1 heterocycles. The van der Waals surface area contributed by atoms with Gasteiger partial charge in [-0.2, -0.15) is 0 Å². The highest BCUT2D eigenvalue weighted by molar-refractivity contribution is 5.85. The third-order valence-corrected chi connectivity index (χ3v) is 5.63. The van der Waals surface area contributed by atoms with Crippen molar-refractivity contribution in [1.29, 1.82) is 0 Å². The molecule has 1 aromatic rings. The minimum Gasteiger partial charge on any atom is -0.391 e. The molecule has 4 heteroatoms. The third kappa shape index (κ3) is 2.09. The van der Waals surface area contributed by atoms with Crippen molar-refractivity contribution in [1.82, 2.24) is 10.6 Å². The van der Waals surface area contributed by atoms with Gasteiger partial charge >= 0.3 is 0 Å². The van der Waals surface area contributed by atoms with Crippen molar-refractivity contribution in [2.45, 2.75) is 30.8 Å². The molecule has 21 heavy (non-hydrogen) atoms. The third-order valence-electron chi connectivity index (χ3n) is 5.63. The molecule has 3 N–H and O–H groups in total. The Kier molecular flexibility index (Phi) is 3.05. The number of hydrogen-bond donors (Lipinski definition) is 3. The number of aliphatic hydroxyl groups is 1. The molecular formula is C17H22N2O2. The van der Waals surface area contributed by atoms with E-state index in [1.165, 1.54) is 11.1 Å². The van der Waals surface area contributed by atoms with E-state index < -0.39 is 0 Å². The predicted molar refractivity (Wildman–Crippen MR) is 79.9 cm³/mol. The van der Waals surface area contributed by atoms with Crippen molar-refractivity contribution in [2.75, 3.05) is 19.6 Å². The lowest BCUT2D eigenvalue weighted by atomic mass is 9.95. The molecule has 1 spiro atoms. The van der Waals surface area contributed by atoms with Crippen LogP contribution in [0.1, 0.15) is 24.0 Å². The normalized spacial score (nSPS) is 36.7. The van der Waals surface area contributed by atoms with Crippen LogP contribution in [0.3, 0.4) is 0 Å². The molecule has 3 aliphatic rings. The van der Waals surface area contributed by atoms with E-state index in [9.17, 15) is 9.90 Å². The number of carbonyl (C=O) groups excluding carboxylic acids is 1. The zero-order chi connectivity index (χ0) is 14.4. The summed E-state index contributed by atoms with van der Waals surface area (Å²) in [6.45, 7) is 2.02. The molecule has 4 nitrogen and oxygen atoms in total. The second-order valence-corrected chi connectivity index (χ2v) is 6.80. The van der Waals surface area contributed by atoms with Crippen molar-refractivity contribution < 1.29 is 9.90 Å². The molecular weight excluding hydrogens is 264 g/mol. The first-order chi connectivity index (χ1) is 10.2. The average Bonchev–Trinajstić information content (AvgIpc) is 2.91. The zero-order valence-corrected chi connectivity index (χ0v) is 12.1. The molecule has 2 fully saturated rings. The van der Waals surface area contributed by atoms with Crippen molar-refractivity contribution >= 4 is 5.91 Å². The van der Waals surface area contributed by atoms with Crippen LogP contribution in [-0.2, 0) is 16.6 Å². The maximum absolute atomic E-state index is 12.4. The van der Waals surface area contributed by atoms with Crippen molar-refractivity contribution in [3.05, 3.63) is 35.4 Å². The number of rotatable bonds is 3. The van der Waals surface area contributed by atoms with Crippen molar-refractivity contribution in [3.63, 3.8) is 0 Å². The number of benzene rings is 1. The largest absolute Gasteiger partial charge is 0.391 e. The Labute approximate surface area is 124 Å². The van der Waals surface area contributed by atoms with Crippen LogP contribution in [0.5, 0.6) is 0 Å². The highest BCUT2D eigenvalue weighted by Gasteiger charge is 2.61. The molecule has 1 saturated heterocycles. The first-order valence-electron chi connectivity index (χ1n) is 7.95. The lowest BCUT2D eigenvalue weighted by Crippen LogP contribution is -2.36. The quantitative estimate of drug-likeness (QED) is 0.762. The lowest BCUT2D eigenvalue weighted by Gasteiger charge is -2.15. The Hall–Kier alpha value is -1.39. The first-order valence-corrected chi connectivity index (χ1v) is 7.95. The van der Waals surface area contributed by atoms with E-state index in [0.29, 0.717) is 13.1 Å². The summed E-state index contributed by atoms with van der Waals surface area (Å²) in [7, 11) is 0. The molecule has 4 unspecified atom stereocenters. The summed E-state index contributed by atoms with van der Waals surface area (Å²) in [5, 5.41) is 16.0. The number of carbonyl (C=O) groups is 1. The molecule has 1 amide bonds. The molecule has 0 radical (unpaired) electrons. The zero-order valence-electron chi connectivity index (χ0n) is 12.1. The summed E-state index contributed by atoms with van der Waals surface area (Å²) in [5.41, 5.74) is 2.93. The van der Waals surface area contributed by atoms with Gasteiger partial charge in [-0.25, -0.2) is 0 Å². The fourth-order valence-corrected chi connectivity index (χ4v) is 4.22. The number of aryl methyl sites for hydroxylation is 1. The number of aliphatic hydroxyl groups excluding tert-OH is 1. The Morgan fingerprint density at radius 1 is 1.38 bits per heavy atom. The molecule has 0 aromatic heterocycles. The highest BCUT2D eigenvalue weighted by atomic mass is 16.3. The smallest absolute Gasteiger partial charge is 0.224 e. The SMILES string of the molecule is O=C(NCC1CNCC1O)C1CC12CCc1ccccc12. The van der Waals surface area contributed by atoms with Crippen molar-refractivity contribution in [3.8, 4) is 0 Å². The standard InChI is InChI=1S/C17H22N2O2/c20-15-10-18-8-12(15)9-19-16(21)14-7-17(14)6-5-11-3-1-2-4-13(11)17/h1-4,12,14-15,18,20H,5-10H2,(H,19,21). The minimum atomic E-state index is -0.328. The summed E-state index contributed by atoms with van der Waals surface area (Å²) < 4.78 is 0. The van der Waals surface area contributed by atoms with Gasteiger partial charge in [0.05, 0.1) is 6.10 Å². The van der Waals surface area contributed by atoms with Gasteiger partial charge in [-0.15, -0.1) is 0 Å². The molecule has 0 bridgehead atoms. The topological polar surface area (TPSA) is 61.4 Å². The Bertz CT molecular complexity index is 574. The van der Waals surface area contributed by atoms with E-state index in [-0.39, 0.29) is 29.3 Å². The van der Waals surface area contributed by atoms with Gasteiger partial charge in [0.15, 0.2) is 0 Å². The van der Waals surface area contributed by atoms with E-state index >= 15 is 0 Å². The van der Waals surface area contributed by atoms with Gasteiger partial charge in [0.1, 0.15) is 0 Å². The number of amides is 1. The molecule has 4 atom stereocenters. The highest BCUT2D eigenvalue weighted by Crippen LogP contribution is 2.61. The number of nitrogens with one attached hydrogen (secondary N) is 2. The van der Waals surface area contributed by atoms with Crippen LogP contribution >= 0.6 is 0 Å². The van der Waals surface area contributed by atoms with E-state index in [0.717, 1.165) is 25.8 Å². The first kappa shape index (κ1) is 13.3. The van der Waals surface area contributed by atoms with Gasteiger partial charge in [-0.3, -0.25) is 4.79 Å². The van der Waals surface area contributed by atoms with Crippen LogP contribution in [0.2, 0.25) is 0 Å². The molecule has 1 saturated carbocycles. The van der Waals surface area contributed by atoms with Crippen LogP contribution in [0.25, 0.3) is 0 Å². The van der Waals surface area contributed by atoms with Gasteiger partial charge in [0.2, 0.25) is 5.91 Å². The lowest BCUT2D eigenvalue weighted by molar-refractivity contribution is -0.123. The van der Waals surface area contributed by atoms with E-state index in [4.69, 9.17) is 0 Å². The van der Waals surface area contributed by atoms with Crippen LogP contribution in [0.4, 0.5) is 0 Å². The van der Waals surface area contributed by atoms with Crippen LogP contribution in [0, 0.1) is 11.8 Å². The monoisotopic (exact) mass is 286 g/mol. The van der Waals surface area contributed by atoms with Gasteiger partial charge in [0.25, 0.3) is 0 Å². The predicted octanol–water partition coefficient (Wildman–Crippen LogP) is 0.587. The number of β-amino-alcohol motifs (C(OH)–C–C–N with tert-alkyl or cyclic N) is 1. The molecule has 1 aliphatic heterocycles. The molecule has 2 aliphatic carbocycles. The van der Waals surface area contributed by atoms with Crippen LogP contribution in [0.15, 0.2) is 24.3 Å². The molecule has 112 valence electrons. The average molecular weight is 286 g/mol. The van der Waals surface area contributed by atoms with E-state index in [1.807, 2.05) is 0 Å². The van der Waals surface area contributed by atoms with Crippen LogP contribution < -0.4 is 10.6 Å². The summed E-state index contributed by atoms with van der Waals surface area (Å²) >= 11 is 0. The maximum Gasteiger partial charge on any atom is 0.224 e. The maximum atomic E-state index is 12.4. The fraction of sp³-hybridized carbons (Fsp3) is 0.588. The van der Waals surface area contributed by atoms with E-state index in [2.05, 4.69) is 34.9 Å². The Morgan fingerprint density at radius 2 is 2.24 bits per heavy atom. The Morgan fingerprint density at radius 3 is 3.05 bits per heavy atom. The number of fused-ring (bicyclic) bond motifs is 2. The summed E-state index contributed by atoms with van der Waals surface area (Å²) in [6.07, 6.45) is 2.87. The second kappa shape index (κ2) is 4.82. The van der Waals surface area contributed by atoms with Gasteiger partial charge < -0.3 is 15.7 Å². The Balaban J connectivity index is 1.40. The summed E-state index contributed by atoms with van der Waals surface area (Å²) in [6, 6.07) is 8.56. The van der Waals surface area contributed by atoms with Crippen LogP contribution in [-0.4, -0.2) is 36.8 Å². The van der Waals surface area contributed by atoms with Gasteiger partial charge in [-0.05, 0) is 30.4 Å². The summed E-state index contributed by atoms with van der Waals surface area (Å²) in [5.74, 6) is 0.456. The molecule has 1 aromatic carbocycles. The molecule has 4 rings (SSSR count). The van der Waals surface area contributed by atoms with Gasteiger partial charge in [-0.1, -0.05) is 24.3 Å². The number of hydrogen-bond acceptors (Lipinski definition) is 3. The van der Waals surface area contributed by atoms with Crippen molar-refractivity contribution in [2.24, 2.45) is 11.8 Å². The second-order valence-electron chi connectivity index (χ2n) is 6.80. The summed E-state index contributed by atoms with van der Waals surface area (Å²) in [4.78, 5) is 12.4. The van der Waals surface area contributed by atoms with Gasteiger partial charge in [0, 0.05) is 36.9 Å². The minimum absolute atomic E-state index is 0.118. The van der Waals surface area contributed by atoms with E-state index in [1.54, 1.807) is 0 Å².